The quantitative estimate of drug-likeness (QED) is 0.126. The molecule has 0 fully saturated rings. The van der Waals surface area contributed by atoms with Crippen molar-refractivity contribution in [2.75, 3.05) is 19.9 Å². The molecule has 0 aromatic rings. The first-order valence-corrected chi connectivity index (χ1v) is 12.5. The van der Waals surface area contributed by atoms with Crippen molar-refractivity contribution in [1.29, 1.82) is 0 Å². The summed E-state index contributed by atoms with van der Waals surface area (Å²) >= 11 is 0. The average molecular weight is 403 g/mol. The molecule has 0 saturated carbocycles. The highest BCUT2D eigenvalue weighted by molar-refractivity contribution is 4.64. The van der Waals surface area contributed by atoms with Crippen LogP contribution in [0.3, 0.4) is 0 Å². The molecule has 0 rings (SSSR count). The van der Waals surface area contributed by atoms with E-state index in [1.54, 1.807) is 0 Å². The zero-order chi connectivity index (χ0) is 20.8. The lowest BCUT2D eigenvalue weighted by molar-refractivity contribution is -0.228. The lowest BCUT2D eigenvalue weighted by Crippen LogP contribution is -2.33. The summed E-state index contributed by atoms with van der Waals surface area (Å²) < 4.78 is 24.1. The monoisotopic (exact) mass is 402 g/mol. The van der Waals surface area contributed by atoms with Crippen molar-refractivity contribution in [2.24, 2.45) is 0 Å². The molecule has 0 aromatic carbocycles. The highest BCUT2D eigenvalue weighted by Crippen LogP contribution is 2.23. The van der Waals surface area contributed by atoms with Gasteiger partial charge in [-0.2, -0.15) is 0 Å². The Bertz CT molecular complexity index is 298. The smallest absolute Gasteiger partial charge is 0.165 e. The molecule has 0 saturated heterocycles. The number of hydrogen-bond acceptors (Lipinski definition) is 2. The lowest BCUT2D eigenvalue weighted by atomic mass is 10.0. The minimum Gasteiger partial charge on any atom is -0.351 e. The summed E-state index contributed by atoms with van der Waals surface area (Å²) in [6.45, 7) is 7.74. The van der Waals surface area contributed by atoms with Gasteiger partial charge in [-0.05, 0) is 33.1 Å². The van der Waals surface area contributed by atoms with Crippen molar-refractivity contribution in [1.82, 2.24) is 0 Å². The van der Waals surface area contributed by atoms with Crippen LogP contribution in [0.5, 0.6) is 0 Å². The molecule has 3 heteroatoms. The van der Waals surface area contributed by atoms with Gasteiger partial charge in [0.05, 0.1) is 13.3 Å². The normalized spacial score (nSPS) is 13.7. The summed E-state index contributed by atoms with van der Waals surface area (Å²) in [5.74, 6) is -0.414. The van der Waals surface area contributed by atoms with E-state index < -0.39 is 5.79 Å². The van der Waals surface area contributed by atoms with Crippen LogP contribution < -0.4 is 0 Å². The molecule has 0 N–H and O–H groups in total. The maximum Gasteiger partial charge on any atom is 0.165 e. The maximum absolute atomic E-state index is 12.0. The molecule has 0 radical (unpaired) electrons. The Morgan fingerprint density at radius 3 is 1.54 bits per heavy atom. The van der Waals surface area contributed by atoms with Gasteiger partial charge < -0.3 is 9.47 Å². The molecule has 170 valence electrons. The van der Waals surface area contributed by atoms with Gasteiger partial charge >= 0.3 is 0 Å². The van der Waals surface area contributed by atoms with Crippen LogP contribution in [-0.4, -0.2) is 25.7 Å². The van der Waals surface area contributed by atoms with Crippen LogP contribution in [0.15, 0.2) is 0 Å². The Morgan fingerprint density at radius 1 is 0.571 bits per heavy atom. The van der Waals surface area contributed by atoms with Crippen molar-refractivity contribution in [3.63, 3.8) is 0 Å². The van der Waals surface area contributed by atoms with Crippen LogP contribution in [-0.2, 0) is 9.47 Å². The second-order valence-corrected chi connectivity index (χ2v) is 8.51. The molecular weight excluding hydrogens is 351 g/mol. The molecule has 0 aliphatic rings. The fourth-order valence-electron chi connectivity index (χ4n) is 3.79. The number of alkyl halides is 1. The van der Waals surface area contributed by atoms with Crippen LogP contribution in [0.25, 0.3) is 0 Å². The van der Waals surface area contributed by atoms with Crippen molar-refractivity contribution in [3.05, 3.63) is 0 Å². The summed E-state index contributed by atoms with van der Waals surface area (Å²) in [5.41, 5.74) is 0. The number of halogens is 1. The summed E-state index contributed by atoms with van der Waals surface area (Å²) in [4.78, 5) is 0. The first kappa shape index (κ1) is 27.8. The third-order valence-electron chi connectivity index (χ3n) is 5.62. The largest absolute Gasteiger partial charge is 0.351 e. The SMILES string of the molecule is CCCCCCCCCCCCCC(C)(OCC)OCCCCCCCCF. The van der Waals surface area contributed by atoms with E-state index in [9.17, 15) is 4.39 Å². The van der Waals surface area contributed by atoms with Crippen LogP contribution in [0.2, 0.25) is 0 Å². The van der Waals surface area contributed by atoms with Crippen molar-refractivity contribution < 1.29 is 13.9 Å². The van der Waals surface area contributed by atoms with E-state index in [0.29, 0.717) is 6.61 Å². The van der Waals surface area contributed by atoms with E-state index in [1.807, 2.05) is 6.92 Å². The van der Waals surface area contributed by atoms with E-state index >= 15 is 0 Å². The molecule has 0 spiro atoms. The van der Waals surface area contributed by atoms with Gasteiger partial charge in [0.1, 0.15) is 0 Å². The molecular formula is C25H51FO2. The second kappa shape index (κ2) is 21.6. The van der Waals surface area contributed by atoms with Gasteiger partial charge in [-0.25, -0.2) is 0 Å². The summed E-state index contributed by atoms with van der Waals surface area (Å²) in [7, 11) is 0. The molecule has 1 unspecified atom stereocenters. The van der Waals surface area contributed by atoms with Gasteiger partial charge in [0, 0.05) is 13.0 Å². The first-order chi connectivity index (χ1) is 13.7. The summed E-state index contributed by atoms with van der Waals surface area (Å²) in [6.07, 6.45) is 22.3. The highest BCUT2D eigenvalue weighted by atomic mass is 19.1. The Labute approximate surface area is 176 Å². The summed E-state index contributed by atoms with van der Waals surface area (Å²) in [5, 5.41) is 0. The molecule has 0 aliphatic heterocycles. The van der Waals surface area contributed by atoms with Crippen molar-refractivity contribution >= 4 is 0 Å². The number of rotatable bonds is 23. The van der Waals surface area contributed by atoms with Crippen molar-refractivity contribution in [2.45, 2.75) is 142 Å². The second-order valence-electron chi connectivity index (χ2n) is 8.51. The standard InChI is InChI=1S/C25H51FO2/c1-4-6-7-8-9-10-11-12-13-16-19-22-25(3,27-5-2)28-24-21-18-15-14-17-20-23-26/h4-24H2,1-3H3. The number of ether oxygens (including phenoxy) is 2. The van der Waals surface area contributed by atoms with E-state index in [2.05, 4.69) is 13.8 Å². The molecule has 0 heterocycles. The van der Waals surface area contributed by atoms with Gasteiger partial charge in [-0.15, -0.1) is 0 Å². The third kappa shape index (κ3) is 19.2. The van der Waals surface area contributed by atoms with E-state index in [0.717, 1.165) is 38.7 Å². The zero-order valence-corrected chi connectivity index (χ0v) is 19.5. The van der Waals surface area contributed by atoms with Gasteiger partial charge in [0.2, 0.25) is 0 Å². The molecule has 0 aliphatic carbocycles. The van der Waals surface area contributed by atoms with E-state index in [-0.39, 0.29) is 6.67 Å². The van der Waals surface area contributed by atoms with Crippen molar-refractivity contribution in [3.8, 4) is 0 Å². The Balaban J connectivity index is 3.60. The Morgan fingerprint density at radius 2 is 1.04 bits per heavy atom. The predicted molar refractivity (Wildman–Crippen MR) is 121 cm³/mol. The first-order valence-electron chi connectivity index (χ1n) is 12.5. The molecule has 28 heavy (non-hydrogen) atoms. The third-order valence-corrected chi connectivity index (χ3v) is 5.62. The number of unbranched alkanes of at least 4 members (excludes halogenated alkanes) is 15. The molecule has 0 bridgehead atoms. The molecule has 2 nitrogen and oxygen atoms in total. The summed E-state index contributed by atoms with van der Waals surface area (Å²) in [6, 6.07) is 0. The zero-order valence-electron chi connectivity index (χ0n) is 19.5. The van der Waals surface area contributed by atoms with Crippen LogP contribution in [0.4, 0.5) is 4.39 Å². The van der Waals surface area contributed by atoms with E-state index in [4.69, 9.17) is 9.47 Å². The highest BCUT2D eigenvalue weighted by Gasteiger charge is 2.24. The Hall–Kier alpha value is -0.150. The van der Waals surface area contributed by atoms with Gasteiger partial charge in [0.15, 0.2) is 5.79 Å². The molecule has 1 atom stereocenters. The minimum atomic E-state index is -0.414. The average Bonchev–Trinajstić information content (AvgIpc) is 2.68. The topological polar surface area (TPSA) is 18.5 Å². The lowest BCUT2D eigenvalue weighted by Gasteiger charge is -2.30. The molecule has 0 aromatic heterocycles. The van der Waals surface area contributed by atoms with Gasteiger partial charge in [-0.1, -0.05) is 96.8 Å². The minimum absolute atomic E-state index is 0.172. The molecule has 0 amide bonds. The maximum atomic E-state index is 12.0. The van der Waals surface area contributed by atoms with Crippen LogP contribution in [0, 0.1) is 0 Å². The van der Waals surface area contributed by atoms with Gasteiger partial charge in [-0.3, -0.25) is 4.39 Å². The van der Waals surface area contributed by atoms with E-state index in [1.165, 1.54) is 83.5 Å². The van der Waals surface area contributed by atoms with Crippen LogP contribution in [0.1, 0.15) is 136 Å². The number of hydrogen-bond donors (Lipinski definition) is 0. The fourth-order valence-corrected chi connectivity index (χ4v) is 3.79. The van der Waals surface area contributed by atoms with Crippen LogP contribution >= 0.6 is 0 Å². The Kier molecular flexibility index (Phi) is 21.4. The van der Waals surface area contributed by atoms with Gasteiger partial charge in [0.25, 0.3) is 0 Å². The fraction of sp³-hybridized carbons (Fsp3) is 1.00. The predicted octanol–water partition coefficient (Wildman–Crippen LogP) is 8.77.